The average molecular weight is 726 g/mol. The Balaban J connectivity index is 1.14. The molecular weight excluding hydrogens is 687 g/mol. The fraction of sp³-hybridized carbons (Fsp3) is 0.0357. The number of hydrogen-bond donors (Lipinski definition) is 0. The van der Waals surface area contributed by atoms with Gasteiger partial charge in [0.25, 0.3) is 0 Å². The lowest BCUT2D eigenvalue weighted by atomic mass is 9.87. The number of allylic oxidation sites excluding steroid dienone is 4. The zero-order valence-electron chi connectivity index (χ0n) is 31.6. The molecule has 11 rings (SSSR count). The summed E-state index contributed by atoms with van der Waals surface area (Å²) in [5.74, 6) is 0. The van der Waals surface area contributed by atoms with Crippen molar-refractivity contribution >= 4 is 48.7 Å². The van der Waals surface area contributed by atoms with Crippen LogP contribution in [0.5, 0.6) is 0 Å². The Labute approximate surface area is 333 Å². The van der Waals surface area contributed by atoms with Crippen molar-refractivity contribution in [3.8, 4) is 50.3 Å². The van der Waals surface area contributed by atoms with Crippen LogP contribution in [-0.4, -0.2) is 4.57 Å². The summed E-state index contributed by atoms with van der Waals surface area (Å²) in [5.41, 5.74) is 13.4. The van der Waals surface area contributed by atoms with E-state index < -0.39 is 0 Å². The molecule has 0 atom stereocenters. The maximum atomic E-state index is 2.43. The van der Waals surface area contributed by atoms with Crippen molar-refractivity contribution < 1.29 is 0 Å². The molecule has 0 radical (unpaired) electrons. The van der Waals surface area contributed by atoms with Crippen LogP contribution < -0.4 is 0 Å². The minimum atomic E-state index is 1.06. The molecule has 1 nitrogen and oxygen atoms in total. The Kier molecular flexibility index (Phi) is 8.03. The zero-order chi connectivity index (χ0) is 37.7. The number of nitrogens with zero attached hydrogens (tertiary/aromatic N) is 1. The maximum absolute atomic E-state index is 2.43. The average Bonchev–Trinajstić information content (AvgIpc) is 3.74. The summed E-state index contributed by atoms with van der Waals surface area (Å²) in [6.07, 6.45) is 9.10. The third-order valence-electron chi connectivity index (χ3n) is 11.8. The molecule has 10 aromatic rings. The molecular formula is C56H39N. The zero-order valence-corrected chi connectivity index (χ0v) is 31.6. The van der Waals surface area contributed by atoms with Crippen molar-refractivity contribution in [2.24, 2.45) is 0 Å². The van der Waals surface area contributed by atoms with Crippen molar-refractivity contribution in [2.45, 2.75) is 12.8 Å². The summed E-state index contributed by atoms with van der Waals surface area (Å²) in [6, 6.07) is 71.7. The lowest BCUT2D eigenvalue weighted by molar-refractivity contribution is 1.02. The van der Waals surface area contributed by atoms with Crippen molar-refractivity contribution in [3.63, 3.8) is 0 Å². The first-order chi connectivity index (χ1) is 28.3. The predicted molar refractivity (Wildman–Crippen MR) is 244 cm³/mol. The van der Waals surface area contributed by atoms with Crippen LogP contribution in [-0.2, 0) is 0 Å². The summed E-state index contributed by atoms with van der Waals surface area (Å²) in [7, 11) is 0. The standard InChI is InChI=1S/C56H39N/c1-3-15-40(16-4-1)54-33-34-55(41-17-5-2-6-18-41)57(54)47-31-29-42(30-32-47)56-52-36-45(50-23-11-19-38-13-7-9-21-48(38)50)27-25-43(52)35-44-26-28-46(37-53(44)56)51-24-12-20-39-14-8-10-22-49(39)51/h1,3-5,7-37H,2,6H2. The van der Waals surface area contributed by atoms with Crippen molar-refractivity contribution in [1.82, 2.24) is 4.57 Å². The number of fused-ring (bicyclic) bond motifs is 4. The van der Waals surface area contributed by atoms with Gasteiger partial charge in [0, 0.05) is 5.69 Å². The highest BCUT2D eigenvalue weighted by molar-refractivity contribution is 6.15. The minimum absolute atomic E-state index is 1.06. The third kappa shape index (κ3) is 5.79. The molecule has 57 heavy (non-hydrogen) atoms. The predicted octanol–water partition coefficient (Wildman–Crippen LogP) is 15.5. The summed E-state index contributed by atoms with van der Waals surface area (Å²) in [4.78, 5) is 0. The molecule has 1 aliphatic carbocycles. The molecule has 1 heteroatoms. The first-order valence-electron chi connectivity index (χ1n) is 20.0. The fourth-order valence-corrected chi connectivity index (χ4v) is 9.07. The van der Waals surface area contributed by atoms with Gasteiger partial charge in [0.2, 0.25) is 0 Å². The SMILES string of the molecule is C1=CC(c2ccc(-c3ccccc3)n2-c2ccc(-c3c4cc(-c5cccc6ccccc56)ccc4cc4ccc(-c5cccc6ccccc56)cc34)cc2)=CCC1. The number of benzene rings is 9. The lowest BCUT2D eigenvalue weighted by Crippen LogP contribution is -2.02. The van der Waals surface area contributed by atoms with E-state index in [9.17, 15) is 0 Å². The Morgan fingerprint density at radius 2 is 0.912 bits per heavy atom. The molecule has 9 aromatic carbocycles. The van der Waals surface area contributed by atoms with E-state index in [1.54, 1.807) is 0 Å². The highest BCUT2D eigenvalue weighted by Crippen LogP contribution is 2.42. The van der Waals surface area contributed by atoms with Gasteiger partial charge in [-0.25, -0.2) is 0 Å². The van der Waals surface area contributed by atoms with Crippen LogP contribution in [0.4, 0.5) is 0 Å². The van der Waals surface area contributed by atoms with E-state index in [1.807, 2.05) is 0 Å². The normalized spacial score (nSPS) is 12.8. The number of rotatable bonds is 6. The lowest BCUT2D eigenvalue weighted by Gasteiger charge is -2.18. The van der Waals surface area contributed by atoms with E-state index in [1.165, 1.54) is 99.0 Å². The van der Waals surface area contributed by atoms with Gasteiger partial charge in [0.05, 0.1) is 11.4 Å². The maximum Gasteiger partial charge on any atom is 0.0535 e. The molecule has 0 bridgehead atoms. The van der Waals surface area contributed by atoms with Crippen molar-refractivity contribution in [3.05, 3.63) is 218 Å². The first kappa shape index (κ1) is 33.1. The number of hydrogen-bond acceptors (Lipinski definition) is 0. The van der Waals surface area contributed by atoms with Gasteiger partial charge in [-0.15, -0.1) is 0 Å². The monoisotopic (exact) mass is 725 g/mol. The molecule has 0 saturated carbocycles. The van der Waals surface area contributed by atoms with Gasteiger partial charge >= 0.3 is 0 Å². The van der Waals surface area contributed by atoms with E-state index in [0.717, 1.165) is 18.5 Å². The van der Waals surface area contributed by atoms with Crippen molar-refractivity contribution in [1.29, 1.82) is 0 Å². The molecule has 0 unspecified atom stereocenters. The second kappa shape index (κ2) is 13.8. The van der Waals surface area contributed by atoms with Gasteiger partial charge < -0.3 is 4.57 Å². The fourth-order valence-electron chi connectivity index (χ4n) is 9.07. The second-order valence-electron chi connectivity index (χ2n) is 15.2. The van der Waals surface area contributed by atoms with E-state index in [4.69, 9.17) is 0 Å². The van der Waals surface area contributed by atoms with Crippen LogP contribution in [0.15, 0.2) is 212 Å². The molecule has 0 N–H and O–H groups in total. The van der Waals surface area contributed by atoms with Gasteiger partial charge in [-0.05, 0) is 143 Å². The molecule has 1 heterocycles. The van der Waals surface area contributed by atoms with E-state index >= 15 is 0 Å². The Bertz CT molecular complexity index is 3060. The van der Waals surface area contributed by atoms with E-state index in [0.29, 0.717) is 0 Å². The van der Waals surface area contributed by atoms with Crippen LogP contribution in [0.1, 0.15) is 18.5 Å². The van der Waals surface area contributed by atoms with Gasteiger partial charge in [-0.1, -0.05) is 170 Å². The van der Waals surface area contributed by atoms with Gasteiger partial charge in [0.1, 0.15) is 0 Å². The molecule has 0 amide bonds. The molecule has 0 fully saturated rings. The molecule has 0 spiro atoms. The van der Waals surface area contributed by atoms with Crippen LogP contribution >= 0.6 is 0 Å². The second-order valence-corrected chi connectivity index (χ2v) is 15.2. The van der Waals surface area contributed by atoms with Gasteiger partial charge in [0.15, 0.2) is 0 Å². The molecule has 1 aromatic heterocycles. The quantitative estimate of drug-likeness (QED) is 0.150. The molecule has 268 valence electrons. The summed E-state index contributed by atoms with van der Waals surface area (Å²) in [5, 5.41) is 10.0. The van der Waals surface area contributed by atoms with Gasteiger partial charge in [-0.3, -0.25) is 0 Å². The summed E-state index contributed by atoms with van der Waals surface area (Å²) in [6.45, 7) is 0. The van der Waals surface area contributed by atoms with Crippen LogP contribution in [0.2, 0.25) is 0 Å². The van der Waals surface area contributed by atoms with E-state index in [-0.39, 0.29) is 0 Å². The van der Waals surface area contributed by atoms with Gasteiger partial charge in [-0.2, -0.15) is 0 Å². The topological polar surface area (TPSA) is 4.93 Å². The Hall–Kier alpha value is -7.22. The largest absolute Gasteiger partial charge is 0.309 e. The molecule has 0 aliphatic heterocycles. The highest BCUT2D eigenvalue weighted by atomic mass is 15.0. The Morgan fingerprint density at radius 3 is 1.53 bits per heavy atom. The van der Waals surface area contributed by atoms with E-state index in [2.05, 4.69) is 217 Å². The first-order valence-corrected chi connectivity index (χ1v) is 20.0. The summed E-state index contributed by atoms with van der Waals surface area (Å²) >= 11 is 0. The smallest absolute Gasteiger partial charge is 0.0535 e. The van der Waals surface area contributed by atoms with Crippen molar-refractivity contribution in [2.75, 3.05) is 0 Å². The summed E-state index contributed by atoms with van der Waals surface area (Å²) < 4.78 is 2.43. The Morgan fingerprint density at radius 1 is 0.351 bits per heavy atom. The van der Waals surface area contributed by atoms with Crippen LogP contribution in [0.25, 0.3) is 99.0 Å². The third-order valence-corrected chi connectivity index (χ3v) is 11.8. The molecule has 0 saturated heterocycles. The number of aromatic nitrogens is 1. The van der Waals surface area contributed by atoms with Crippen LogP contribution in [0, 0.1) is 0 Å². The highest BCUT2D eigenvalue weighted by Gasteiger charge is 2.18. The minimum Gasteiger partial charge on any atom is -0.309 e. The van der Waals surface area contributed by atoms with Crippen LogP contribution in [0.3, 0.4) is 0 Å². The molecule has 1 aliphatic rings.